The third-order valence-corrected chi connectivity index (χ3v) is 2.52. The van der Waals surface area contributed by atoms with Crippen molar-refractivity contribution in [1.82, 2.24) is 5.32 Å². The molecule has 3 heteroatoms. The van der Waals surface area contributed by atoms with Crippen LogP contribution in [0.5, 0.6) is 0 Å². The van der Waals surface area contributed by atoms with Gasteiger partial charge in [-0.25, -0.2) is 0 Å². The van der Waals surface area contributed by atoms with Gasteiger partial charge in [0.2, 0.25) is 0 Å². The minimum Gasteiger partial charge on any atom is -0.384 e. The lowest BCUT2D eigenvalue weighted by atomic mass is 10.1. The molecule has 0 aliphatic carbocycles. The van der Waals surface area contributed by atoms with Crippen LogP contribution in [0.15, 0.2) is 24.3 Å². The van der Waals surface area contributed by atoms with E-state index in [1.807, 2.05) is 18.2 Å². The van der Waals surface area contributed by atoms with E-state index in [1.54, 1.807) is 19.9 Å². The topological polar surface area (TPSA) is 41.1 Å². The molecule has 0 spiro atoms. The number of carbonyl (C=O) groups excluding carboxylic acids is 1. The Morgan fingerprint density at radius 1 is 1.39 bits per heavy atom. The smallest absolute Gasteiger partial charge is 0.254 e. The van der Waals surface area contributed by atoms with Gasteiger partial charge in [0.05, 0.1) is 11.1 Å². The predicted octanol–water partition coefficient (Wildman–Crippen LogP) is 2.65. The zero-order chi connectivity index (χ0) is 13.6. The van der Waals surface area contributed by atoms with Gasteiger partial charge in [0.15, 0.2) is 0 Å². The maximum Gasteiger partial charge on any atom is 0.254 e. The zero-order valence-corrected chi connectivity index (χ0v) is 11.2. The number of anilines is 1. The largest absolute Gasteiger partial charge is 0.384 e. The SMILES string of the molecule is C#CC(C)(C)NC(=O)c1ccccc1NCCC. The summed E-state index contributed by atoms with van der Waals surface area (Å²) in [6.07, 6.45) is 6.38. The second-order valence-electron chi connectivity index (χ2n) is 4.70. The normalized spacial score (nSPS) is 10.6. The van der Waals surface area contributed by atoms with Crippen molar-refractivity contribution in [1.29, 1.82) is 0 Å². The van der Waals surface area contributed by atoms with Crippen LogP contribution in [0, 0.1) is 12.3 Å². The van der Waals surface area contributed by atoms with Crippen LogP contribution in [0.2, 0.25) is 0 Å². The Bertz CT molecular complexity index is 458. The molecule has 0 atom stereocenters. The quantitative estimate of drug-likeness (QED) is 0.782. The first-order valence-electron chi connectivity index (χ1n) is 6.13. The van der Waals surface area contributed by atoms with Gasteiger partial charge in [-0.1, -0.05) is 25.0 Å². The van der Waals surface area contributed by atoms with E-state index in [0.717, 1.165) is 18.7 Å². The molecule has 0 fully saturated rings. The van der Waals surface area contributed by atoms with E-state index in [0.29, 0.717) is 5.56 Å². The summed E-state index contributed by atoms with van der Waals surface area (Å²) in [7, 11) is 0. The van der Waals surface area contributed by atoms with E-state index in [-0.39, 0.29) is 5.91 Å². The van der Waals surface area contributed by atoms with Crippen LogP contribution in [-0.2, 0) is 0 Å². The minimum absolute atomic E-state index is 0.155. The molecule has 1 aromatic carbocycles. The second kappa shape index (κ2) is 6.11. The Morgan fingerprint density at radius 3 is 2.67 bits per heavy atom. The van der Waals surface area contributed by atoms with Gasteiger partial charge in [0, 0.05) is 12.2 Å². The summed E-state index contributed by atoms with van der Waals surface area (Å²) in [6, 6.07) is 7.43. The van der Waals surface area contributed by atoms with Gasteiger partial charge in [-0.3, -0.25) is 4.79 Å². The van der Waals surface area contributed by atoms with Crippen molar-refractivity contribution in [3.63, 3.8) is 0 Å². The first-order chi connectivity index (χ1) is 8.50. The number of amides is 1. The summed E-state index contributed by atoms with van der Waals surface area (Å²) in [4.78, 5) is 12.2. The first kappa shape index (κ1) is 14.1. The van der Waals surface area contributed by atoms with Crippen molar-refractivity contribution in [3.8, 4) is 12.3 Å². The molecule has 0 aromatic heterocycles. The Morgan fingerprint density at radius 2 is 2.06 bits per heavy atom. The molecule has 18 heavy (non-hydrogen) atoms. The molecule has 0 unspecified atom stereocenters. The summed E-state index contributed by atoms with van der Waals surface area (Å²) in [5.41, 5.74) is 0.813. The summed E-state index contributed by atoms with van der Waals surface area (Å²) in [5.74, 6) is 2.40. The average Bonchev–Trinajstić information content (AvgIpc) is 2.36. The highest BCUT2D eigenvalue weighted by atomic mass is 16.1. The molecule has 1 amide bonds. The highest BCUT2D eigenvalue weighted by molar-refractivity contribution is 6.00. The molecule has 0 heterocycles. The Kier molecular flexibility index (Phi) is 4.79. The summed E-state index contributed by atoms with van der Waals surface area (Å²) >= 11 is 0. The zero-order valence-electron chi connectivity index (χ0n) is 11.2. The van der Waals surface area contributed by atoms with Crippen LogP contribution in [0.3, 0.4) is 0 Å². The van der Waals surface area contributed by atoms with Crippen LogP contribution in [0.4, 0.5) is 5.69 Å². The Balaban J connectivity index is 2.89. The van der Waals surface area contributed by atoms with Crippen LogP contribution in [0.25, 0.3) is 0 Å². The second-order valence-corrected chi connectivity index (χ2v) is 4.70. The maximum atomic E-state index is 12.2. The van der Waals surface area contributed by atoms with Crippen molar-refractivity contribution in [3.05, 3.63) is 29.8 Å². The van der Waals surface area contributed by atoms with E-state index >= 15 is 0 Å². The standard InChI is InChI=1S/C15H20N2O/c1-5-11-16-13-10-8-7-9-12(13)14(18)17-15(3,4)6-2/h2,7-10,16H,5,11H2,1,3-4H3,(H,17,18). The lowest BCUT2D eigenvalue weighted by Crippen LogP contribution is -2.42. The highest BCUT2D eigenvalue weighted by Gasteiger charge is 2.19. The molecule has 2 N–H and O–H groups in total. The third-order valence-electron chi connectivity index (χ3n) is 2.52. The average molecular weight is 244 g/mol. The fraction of sp³-hybridized carbons (Fsp3) is 0.400. The molecule has 3 nitrogen and oxygen atoms in total. The fourth-order valence-electron chi connectivity index (χ4n) is 1.48. The number of nitrogens with one attached hydrogen (secondary N) is 2. The molecular weight excluding hydrogens is 224 g/mol. The lowest BCUT2D eigenvalue weighted by Gasteiger charge is -2.20. The molecule has 1 aromatic rings. The van der Waals surface area contributed by atoms with Crippen molar-refractivity contribution < 1.29 is 4.79 Å². The number of terminal acetylenes is 1. The van der Waals surface area contributed by atoms with Crippen molar-refractivity contribution in [2.24, 2.45) is 0 Å². The molecular formula is C15H20N2O. The number of para-hydroxylation sites is 1. The number of hydrogen-bond donors (Lipinski definition) is 2. The van der Waals surface area contributed by atoms with E-state index in [4.69, 9.17) is 6.42 Å². The summed E-state index contributed by atoms with van der Waals surface area (Å²) in [5, 5.41) is 6.06. The van der Waals surface area contributed by atoms with Gasteiger partial charge >= 0.3 is 0 Å². The molecule has 0 radical (unpaired) electrons. The minimum atomic E-state index is -0.644. The van der Waals surface area contributed by atoms with Crippen LogP contribution < -0.4 is 10.6 Å². The van der Waals surface area contributed by atoms with Crippen molar-refractivity contribution in [2.75, 3.05) is 11.9 Å². The third kappa shape index (κ3) is 3.81. The number of rotatable bonds is 5. The van der Waals surface area contributed by atoms with Crippen molar-refractivity contribution in [2.45, 2.75) is 32.7 Å². The fourth-order valence-corrected chi connectivity index (χ4v) is 1.48. The monoisotopic (exact) mass is 244 g/mol. The predicted molar refractivity (Wildman–Crippen MR) is 75.6 cm³/mol. The maximum absolute atomic E-state index is 12.2. The van der Waals surface area contributed by atoms with E-state index in [9.17, 15) is 4.79 Å². The van der Waals surface area contributed by atoms with Gasteiger partial charge in [-0.2, -0.15) is 0 Å². The molecule has 0 aliphatic heterocycles. The number of benzene rings is 1. The van der Waals surface area contributed by atoms with Gasteiger partial charge in [0.1, 0.15) is 0 Å². The summed E-state index contributed by atoms with van der Waals surface area (Å²) < 4.78 is 0. The molecule has 0 aliphatic rings. The van der Waals surface area contributed by atoms with Crippen LogP contribution in [-0.4, -0.2) is 18.0 Å². The van der Waals surface area contributed by atoms with Gasteiger partial charge in [0.25, 0.3) is 5.91 Å². The van der Waals surface area contributed by atoms with Crippen LogP contribution >= 0.6 is 0 Å². The van der Waals surface area contributed by atoms with Gasteiger partial charge in [-0.05, 0) is 32.4 Å². The highest BCUT2D eigenvalue weighted by Crippen LogP contribution is 2.16. The Hall–Kier alpha value is -1.95. The molecule has 96 valence electrons. The number of carbonyl (C=O) groups is 1. The Labute approximate surface area is 109 Å². The van der Waals surface area contributed by atoms with Gasteiger partial charge < -0.3 is 10.6 Å². The molecule has 0 saturated carbocycles. The molecule has 0 saturated heterocycles. The summed E-state index contributed by atoms with van der Waals surface area (Å²) in [6.45, 7) is 6.51. The molecule has 1 rings (SSSR count). The van der Waals surface area contributed by atoms with E-state index in [1.165, 1.54) is 0 Å². The lowest BCUT2D eigenvalue weighted by molar-refractivity contribution is 0.0930. The molecule has 0 bridgehead atoms. The van der Waals surface area contributed by atoms with Gasteiger partial charge in [-0.15, -0.1) is 6.42 Å². The first-order valence-corrected chi connectivity index (χ1v) is 6.13. The van der Waals surface area contributed by atoms with Crippen LogP contribution in [0.1, 0.15) is 37.6 Å². The van der Waals surface area contributed by atoms with E-state index in [2.05, 4.69) is 23.5 Å². The number of hydrogen-bond acceptors (Lipinski definition) is 2. The van der Waals surface area contributed by atoms with E-state index < -0.39 is 5.54 Å². The van der Waals surface area contributed by atoms with Crippen molar-refractivity contribution >= 4 is 11.6 Å².